The number of nitrogens with zero attached hydrogens (tertiary/aromatic N) is 2. The molecule has 0 saturated heterocycles. The first-order valence-corrected chi connectivity index (χ1v) is 9.79. The minimum absolute atomic E-state index is 0.0627. The number of aromatic nitrogens is 1. The smallest absolute Gasteiger partial charge is 0.250 e. The zero-order valence-electron chi connectivity index (χ0n) is 15.1. The molecule has 0 fully saturated rings. The van der Waals surface area contributed by atoms with E-state index in [4.69, 9.17) is 0 Å². The van der Waals surface area contributed by atoms with Gasteiger partial charge in [0.15, 0.2) is 5.96 Å². The second kappa shape index (κ2) is 10.7. The van der Waals surface area contributed by atoms with E-state index in [2.05, 4.69) is 41.6 Å². The highest BCUT2D eigenvalue weighted by Crippen LogP contribution is 2.17. The van der Waals surface area contributed by atoms with Crippen LogP contribution >= 0.6 is 11.3 Å². The lowest BCUT2D eigenvalue weighted by molar-refractivity contribution is 0.585. The van der Waals surface area contributed by atoms with Gasteiger partial charge in [-0.25, -0.2) is 4.99 Å². The molecular formula is C19H28N4OS. The van der Waals surface area contributed by atoms with Gasteiger partial charge in [-0.15, -0.1) is 11.3 Å². The number of unbranched alkanes of at least 4 members (excludes halogenated alkanes) is 1. The van der Waals surface area contributed by atoms with E-state index in [0.717, 1.165) is 44.9 Å². The Morgan fingerprint density at radius 2 is 1.96 bits per heavy atom. The normalized spacial score (nSPS) is 11.5. The van der Waals surface area contributed by atoms with Gasteiger partial charge in [-0.2, -0.15) is 0 Å². The summed E-state index contributed by atoms with van der Waals surface area (Å²) in [5.74, 6) is 0.853. The highest BCUT2D eigenvalue weighted by Gasteiger charge is 2.01. The predicted octanol–water partition coefficient (Wildman–Crippen LogP) is 3.01. The van der Waals surface area contributed by atoms with Crippen molar-refractivity contribution >= 4 is 17.3 Å². The lowest BCUT2D eigenvalue weighted by atomic mass is 10.3. The Morgan fingerprint density at radius 1 is 1.12 bits per heavy atom. The molecule has 0 aliphatic rings. The molecule has 6 heteroatoms. The Labute approximate surface area is 153 Å². The zero-order chi connectivity index (χ0) is 17.9. The Hall–Kier alpha value is -2.08. The summed E-state index contributed by atoms with van der Waals surface area (Å²) >= 11 is 1.83. The van der Waals surface area contributed by atoms with Gasteiger partial charge in [0.2, 0.25) is 5.56 Å². The van der Waals surface area contributed by atoms with Crippen LogP contribution < -0.4 is 16.2 Å². The number of guanidine groups is 1. The van der Waals surface area contributed by atoms with E-state index in [1.165, 1.54) is 9.75 Å². The summed E-state index contributed by atoms with van der Waals surface area (Å²) in [6.45, 7) is 7.39. The molecule has 2 N–H and O–H groups in total. The van der Waals surface area contributed by atoms with Crippen LogP contribution in [0.2, 0.25) is 0 Å². The van der Waals surface area contributed by atoms with Crippen LogP contribution in [0.25, 0.3) is 0 Å². The van der Waals surface area contributed by atoms with E-state index < -0.39 is 0 Å². The van der Waals surface area contributed by atoms with Crippen LogP contribution in [-0.2, 0) is 19.5 Å². The van der Waals surface area contributed by atoms with Crippen LogP contribution in [0.3, 0.4) is 0 Å². The van der Waals surface area contributed by atoms with Crippen molar-refractivity contribution in [1.29, 1.82) is 0 Å². The van der Waals surface area contributed by atoms with E-state index in [1.54, 1.807) is 16.7 Å². The van der Waals surface area contributed by atoms with Crippen molar-refractivity contribution < 1.29 is 0 Å². The van der Waals surface area contributed by atoms with Crippen LogP contribution in [0.1, 0.15) is 36.4 Å². The molecule has 2 rings (SSSR count). The van der Waals surface area contributed by atoms with Crippen molar-refractivity contribution in [1.82, 2.24) is 15.2 Å². The van der Waals surface area contributed by atoms with Gasteiger partial charge in [-0.3, -0.25) is 4.79 Å². The Bertz CT molecular complexity index is 720. The monoisotopic (exact) mass is 360 g/mol. The van der Waals surface area contributed by atoms with Gasteiger partial charge in [-0.05, 0) is 44.4 Å². The van der Waals surface area contributed by atoms with Gasteiger partial charge >= 0.3 is 0 Å². The maximum Gasteiger partial charge on any atom is 0.250 e. The number of hydrogen-bond donors (Lipinski definition) is 2. The van der Waals surface area contributed by atoms with Crippen LogP contribution in [0, 0.1) is 0 Å². The summed E-state index contributed by atoms with van der Waals surface area (Å²) in [7, 11) is 0. The molecule has 5 nitrogen and oxygen atoms in total. The van der Waals surface area contributed by atoms with Crippen LogP contribution in [0.4, 0.5) is 0 Å². The lowest BCUT2D eigenvalue weighted by Gasteiger charge is -2.11. The quantitative estimate of drug-likeness (QED) is 0.411. The third-order valence-corrected chi connectivity index (χ3v) is 5.03. The first-order valence-electron chi connectivity index (χ1n) is 8.98. The molecule has 0 bridgehead atoms. The third-order valence-electron chi connectivity index (χ3n) is 3.82. The second-order valence-corrected chi connectivity index (χ2v) is 7.04. The summed E-state index contributed by atoms with van der Waals surface area (Å²) < 4.78 is 1.75. The first-order chi connectivity index (χ1) is 12.2. The maximum atomic E-state index is 11.6. The molecule has 2 aromatic heterocycles. The predicted molar refractivity (Wildman–Crippen MR) is 106 cm³/mol. The van der Waals surface area contributed by atoms with Gasteiger partial charge in [-0.1, -0.05) is 13.0 Å². The number of rotatable bonds is 9. The van der Waals surface area contributed by atoms with E-state index in [1.807, 2.05) is 23.6 Å². The molecule has 0 radical (unpaired) electrons. The SMILES string of the molecule is CCNC(=NCc1ccc(CC)s1)NCCCCn1ccccc1=O. The Balaban J connectivity index is 1.74. The maximum absolute atomic E-state index is 11.6. The minimum Gasteiger partial charge on any atom is -0.357 e. The number of hydrogen-bond acceptors (Lipinski definition) is 3. The van der Waals surface area contributed by atoms with Gasteiger partial charge in [0, 0.05) is 41.7 Å². The molecule has 2 aromatic rings. The molecule has 0 atom stereocenters. The summed E-state index contributed by atoms with van der Waals surface area (Å²) in [6, 6.07) is 9.61. The topological polar surface area (TPSA) is 58.4 Å². The molecule has 0 aromatic carbocycles. The zero-order valence-corrected chi connectivity index (χ0v) is 15.9. The average Bonchev–Trinajstić information content (AvgIpc) is 3.09. The van der Waals surface area contributed by atoms with Crippen LogP contribution in [-0.4, -0.2) is 23.6 Å². The fourth-order valence-corrected chi connectivity index (χ4v) is 3.34. The summed E-state index contributed by atoms with van der Waals surface area (Å²) in [5.41, 5.74) is 0.0627. The molecular weight excluding hydrogens is 332 g/mol. The fraction of sp³-hybridized carbons (Fsp3) is 0.474. The molecule has 136 valence electrons. The first kappa shape index (κ1) is 19.2. The number of pyridine rings is 1. The van der Waals surface area contributed by atoms with Crippen LogP contribution in [0.5, 0.6) is 0 Å². The summed E-state index contributed by atoms with van der Waals surface area (Å²) in [6.07, 6.45) is 4.87. The van der Waals surface area contributed by atoms with Crippen molar-refractivity contribution in [3.63, 3.8) is 0 Å². The van der Waals surface area contributed by atoms with E-state index in [-0.39, 0.29) is 5.56 Å². The molecule has 0 spiro atoms. The van der Waals surface area contributed by atoms with Gasteiger partial charge in [0.1, 0.15) is 0 Å². The Morgan fingerprint density at radius 3 is 2.68 bits per heavy atom. The summed E-state index contributed by atoms with van der Waals surface area (Å²) in [4.78, 5) is 19.0. The fourth-order valence-electron chi connectivity index (χ4n) is 2.46. The van der Waals surface area contributed by atoms with Crippen molar-refractivity contribution in [2.45, 2.75) is 46.2 Å². The number of nitrogens with one attached hydrogen (secondary N) is 2. The average molecular weight is 361 g/mol. The summed E-state index contributed by atoms with van der Waals surface area (Å²) in [5, 5.41) is 6.65. The van der Waals surface area contributed by atoms with Gasteiger partial charge < -0.3 is 15.2 Å². The highest BCUT2D eigenvalue weighted by molar-refractivity contribution is 7.11. The van der Waals surface area contributed by atoms with Crippen molar-refractivity contribution in [2.75, 3.05) is 13.1 Å². The molecule has 0 amide bonds. The number of thiophene rings is 1. The largest absolute Gasteiger partial charge is 0.357 e. The molecule has 25 heavy (non-hydrogen) atoms. The van der Waals surface area contributed by atoms with Gasteiger partial charge in [0.25, 0.3) is 0 Å². The van der Waals surface area contributed by atoms with E-state index in [0.29, 0.717) is 6.54 Å². The number of aliphatic imine (C=N–C) groups is 1. The molecule has 0 aliphatic heterocycles. The lowest BCUT2D eigenvalue weighted by Crippen LogP contribution is -2.37. The minimum atomic E-state index is 0.0627. The standard InChI is InChI=1S/C19H28N4OS/c1-3-16-10-11-17(25-16)15-22-19(20-4-2)21-12-6-8-14-23-13-7-5-9-18(23)24/h5,7,9-11,13H,3-4,6,8,12,14-15H2,1-2H3,(H2,20,21,22). The van der Waals surface area contributed by atoms with E-state index in [9.17, 15) is 4.79 Å². The molecule has 0 aliphatic carbocycles. The van der Waals surface area contributed by atoms with E-state index >= 15 is 0 Å². The highest BCUT2D eigenvalue weighted by atomic mass is 32.1. The van der Waals surface area contributed by atoms with Crippen molar-refractivity contribution in [3.05, 3.63) is 56.6 Å². The molecule has 0 saturated carbocycles. The van der Waals surface area contributed by atoms with Crippen LogP contribution in [0.15, 0.2) is 46.3 Å². The van der Waals surface area contributed by atoms with Crippen molar-refractivity contribution in [2.24, 2.45) is 4.99 Å². The van der Waals surface area contributed by atoms with Crippen molar-refractivity contribution in [3.8, 4) is 0 Å². The Kier molecular flexibility index (Phi) is 8.25. The van der Waals surface area contributed by atoms with Gasteiger partial charge in [0.05, 0.1) is 6.54 Å². The third kappa shape index (κ3) is 6.74. The molecule has 0 unspecified atom stereocenters. The second-order valence-electron chi connectivity index (χ2n) is 5.78. The number of aryl methyl sites for hydroxylation is 2. The molecule has 2 heterocycles.